The van der Waals surface area contributed by atoms with Crippen molar-refractivity contribution in [3.8, 4) is 5.75 Å². The Morgan fingerprint density at radius 3 is 2.53 bits per heavy atom. The van der Waals surface area contributed by atoms with Crippen LogP contribution in [0, 0.1) is 0 Å². The molecule has 0 aliphatic carbocycles. The van der Waals surface area contributed by atoms with Crippen LogP contribution in [0.3, 0.4) is 0 Å². The lowest BCUT2D eigenvalue weighted by molar-refractivity contribution is -0.117. The van der Waals surface area contributed by atoms with Crippen molar-refractivity contribution in [3.05, 3.63) is 28.8 Å². The molecule has 5 heteroatoms. The first-order valence-corrected chi connectivity index (χ1v) is 5.52. The molecule has 0 saturated heterocycles. The SMILES string of the molecule is COc1ccc(Cl)cc1C(=O)C(=O)NC(C)C. The molecule has 1 amide bonds. The quantitative estimate of drug-likeness (QED) is 0.662. The highest BCUT2D eigenvalue weighted by Gasteiger charge is 2.21. The maximum Gasteiger partial charge on any atom is 0.292 e. The van der Waals surface area contributed by atoms with E-state index in [2.05, 4.69) is 5.32 Å². The number of ketones is 1. The molecule has 1 rings (SSSR count). The number of ether oxygens (including phenoxy) is 1. The van der Waals surface area contributed by atoms with Crippen LogP contribution < -0.4 is 10.1 Å². The molecule has 1 aromatic rings. The minimum Gasteiger partial charge on any atom is -0.496 e. The zero-order chi connectivity index (χ0) is 13.0. The second kappa shape index (κ2) is 5.68. The van der Waals surface area contributed by atoms with E-state index in [4.69, 9.17) is 16.3 Å². The van der Waals surface area contributed by atoms with E-state index >= 15 is 0 Å². The average Bonchev–Trinajstić information content (AvgIpc) is 2.27. The monoisotopic (exact) mass is 255 g/mol. The van der Waals surface area contributed by atoms with E-state index in [0.29, 0.717) is 10.8 Å². The fraction of sp³-hybridized carbons (Fsp3) is 0.333. The fourth-order valence-electron chi connectivity index (χ4n) is 1.31. The number of hydrogen-bond donors (Lipinski definition) is 1. The Morgan fingerprint density at radius 2 is 2.00 bits per heavy atom. The smallest absolute Gasteiger partial charge is 0.292 e. The third-order valence-electron chi connectivity index (χ3n) is 2.03. The molecular formula is C12H14ClNO3. The number of methoxy groups -OCH3 is 1. The van der Waals surface area contributed by atoms with Gasteiger partial charge in [-0.05, 0) is 32.0 Å². The molecule has 0 unspecified atom stereocenters. The van der Waals surface area contributed by atoms with Gasteiger partial charge < -0.3 is 10.1 Å². The van der Waals surface area contributed by atoms with Crippen LogP contribution in [0.25, 0.3) is 0 Å². The highest BCUT2D eigenvalue weighted by atomic mass is 35.5. The van der Waals surface area contributed by atoms with Crippen molar-refractivity contribution in [3.63, 3.8) is 0 Å². The first-order chi connectivity index (χ1) is 7.95. The molecule has 0 spiro atoms. The Bertz CT molecular complexity index is 443. The number of halogens is 1. The summed E-state index contributed by atoms with van der Waals surface area (Å²) in [5.74, 6) is -0.989. The summed E-state index contributed by atoms with van der Waals surface area (Å²) in [6, 6.07) is 4.47. The number of carbonyl (C=O) groups excluding carboxylic acids is 2. The number of hydrogen-bond acceptors (Lipinski definition) is 3. The third-order valence-corrected chi connectivity index (χ3v) is 2.27. The maximum atomic E-state index is 11.9. The molecule has 0 aliphatic rings. The molecule has 0 radical (unpaired) electrons. The predicted molar refractivity (Wildman–Crippen MR) is 65.6 cm³/mol. The Labute approximate surface area is 105 Å². The van der Waals surface area contributed by atoms with Gasteiger partial charge in [-0.1, -0.05) is 11.6 Å². The van der Waals surface area contributed by atoms with Gasteiger partial charge in [-0.3, -0.25) is 9.59 Å². The van der Waals surface area contributed by atoms with Gasteiger partial charge in [0.05, 0.1) is 12.7 Å². The summed E-state index contributed by atoms with van der Waals surface area (Å²) in [5.41, 5.74) is 0.165. The van der Waals surface area contributed by atoms with Crippen LogP contribution in [0.2, 0.25) is 5.02 Å². The van der Waals surface area contributed by atoms with Crippen molar-refractivity contribution in [2.45, 2.75) is 19.9 Å². The van der Waals surface area contributed by atoms with Crippen LogP contribution in [0.1, 0.15) is 24.2 Å². The Morgan fingerprint density at radius 1 is 1.35 bits per heavy atom. The van der Waals surface area contributed by atoms with Gasteiger partial charge in [0.2, 0.25) is 0 Å². The number of benzene rings is 1. The lowest BCUT2D eigenvalue weighted by Gasteiger charge is -2.10. The van der Waals surface area contributed by atoms with Gasteiger partial charge in [0.15, 0.2) is 0 Å². The zero-order valence-electron chi connectivity index (χ0n) is 9.91. The minimum atomic E-state index is -0.666. The van der Waals surface area contributed by atoms with Gasteiger partial charge in [-0.2, -0.15) is 0 Å². The van der Waals surface area contributed by atoms with Crippen LogP contribution in [0.5, 0.6) is 5.75 Å². The predicted octanol–water partition coefficient (Wildman–Crippen LogP) is 2.06. The Balaban J connectivity index is 3.02. The van der Waals surface area contributed by atoms with Crippen molar-refractivity contribution in [2.75, 3.05) is 7.11 Å². The summed E-state index contributed by atoms with van der Waals surface area (Å²) in [6.07, 6.45) is 0. The second-order valence-electron chi connectivity index (χ2n) is 3.80. The second-order valence-corrected chi connectivity index (χ2v) is 4.24. The Hall–Kier alpha value is -1.55. The van der Waals surface area contributed by atoms with Crippen LogP contribution >= 0.6 is 11.6 Å². The molecule has 0 atom stereocenters. The van der Waals surface area contributed by atoms with E-state index in [1.807, 2.05) is 0 Å². The van der Waals surface area contributed by atoms with Gasteiger partial charge in [-0.25, -0.2) is 0 Å². The van der Waals surface area contributed by atoms with Crippen molar-refractivity contribution >= 4 is 23.3 Å². The maximum absolute atomic E-state index is 11.9. The van der Waals surface area contributed by atoms with E-state index in [9.17, 15) is 9.59 Å². The van der Waals surface area contributed by atoms with E-state index in [0.717, 1.165) is 0 Å². The van der Waals surface area contributed by atoms with Crippen molar-refractivity contribution in [1.29, 1.82) is 0 Å². The van der Waals surface area contributed by atoms with Gasteiger partial charge in [0.25, 0.3) is 11.7 Å². The van der Waals surface area contributed by atoms with Gasteiger partial charge in [-0.15, -0.1) is 0 Å². The summed E-state index contributed by atoms with van der Waals surface area (Å²) in [4.78, 5) is 23.4. The molecular weight excluding hydrogens is 242 g/mol. The lowest BCUT2D eigenvalue weighted by Crippen LogP contribution is -2.36. The molecule has 0 heterocycles. The number of nitrogens with one attached hydrogen (secondary N) is 1. The Kier molecular flexibility index (Phi) is 4.52. The topological polar surface area (TPSA) is 55.4 Å². The largest absolute Gasteiger partial charge is 0.496 e. The molecule has 0 bridgehead atoms. The molecule has 0 fully saturated rings. The number of Topliss-reactive ketones (excluding diaryl/α,β-unsaturated/α-hetero) is 1. The van der Waals surface area contributed by atoms with Crippen molar-refractivity contribution in [1.82, 2.24) is 5.32 Å². The minimum absolute atomic E-state index is 0.100. The van der Waals surface area contributed by atoms with Crippen molar-refractivity contribution < 1.29 is 14.3 Å². The molecule has 0 saturated carbocycles. The fourth-order valence-corrected chi connectivity index (χ4v) is 1.48. The van der Waals surface area contributed by atoms with Crippen LogP contribution in [-0.2, 0) is 4.79 Å². The molecule has 1 N–H and O–H groups in total. The molecule has 0 aliphatic heterocycles. The number of carbonyl (C=O) groups is 2. The van der Waals surface area contributed by atoms with Gasteiger partial charge >= 0.3 is 0 Å². The molecule has 1 aromatic carbocycles. The summed E-state index contributed by atoms with van der Waals surface area (Å²) < 4.78 is 5.02. The van der Waals surface area contributed by atoms with Gasteiger partial charge in [0, 0.05) is 11.1 Å². The first kappa shape index (κ1) is 13.5. The van der Waals surface area contributed by atoms with Crippen LogP contribution in [0.4, 0.5) is 0 Å². The molecule has 92 valence electrons. The summed E-state index contributed by atoms with van der Waals surface area (Å²) in [6.45, 7) is 3.56. The van der Waals surface area contributed by atoms with E-state index in [1.54, 1.807) is 26.0 Å². The van der Waals surface area contributed by atoms with Crippen LogP contribution in [-0.4, -0.2) is 24.8 Å². The summed E-state index contributed by atoms with van der Waals surface area (Å²) in [5, 5.41) is 2.91. The molecule has 0 aromatic heterocycles. The van der Waals surface area contributed by atoms with E-state index < -0.39 is 11.7 Å². The van der Waals surface area contributed by atoms with Crippen LogP contribution in [0.15, 0.2) is 18.2 Å². The zero-order valence-corrected chi connectivity index (χ0v) is 10.7. The summed E-state index contributed by atoms with van der Waals surface area (Å²) >= 11 is 5.79. The third kappa shape index (κ3) is 3.46. The number of rotatable bonds is 4. The highest BCUT2D eigenvalue weighted by molar-refractivity contribution is 6.44. The first-order valence-electron chi connectivity index (χ1n) is 5.14. The van der Waals surface area contributed by atoms with E-state index in [-0.39, 0.29) is 11.6 Å². The van der Waals surface area contributed by atoms with Gasteiger partial charge in [0.1, 0.15) is 5.75 Å². The van der Waals surface area contributed by atoms with E-state index in [1.165, 1.54) is 13.2 Å². The number of amides is 1. The van der Waals surface area contributed by atoms with Crippen molar-refractivity contribution in [2.24, 2.45) is 0 Å². The average molecular weight is 256 g/mol. The standard InChI is InChI=1S/C12H14ClNO3/c1-7(2)14-12(16)11(15)9-6-8(13)4-5-10(9)17-3/h4-7H,1-3H3,(H,14,16). The highest BCUT2D eigenvalue weighted by Crippen LogP contribution is 2.23. The molecule has 17 heavy (non-hydrogen) atoms. The lowest BCUT2D eigenvalue weighted by atomic mass is 10.1. The normalized spacial score (nSPS) is 10.2. The molecule has 4 nitrogen and oxygen atoms in total. The summed E-state index contributed by atoms with van der Waals surface area (Å²) in [7, 11) is 1.43.